The van der Waals surface area contributed by atoms with Gasteiger partial charge in [-0.2, -0.15) is 0 Å². The predicted octanol–water partition coefficient (Wildman–Crippen LogP) is 3.54. The number of benzene rings is 2. The number of hydrogen-bond donors (Lipinski definition) is 1. The number of nitrogens with one attached hydrogen (secondary N) is 1. The van der Waals surface area contributed by atoms with Gasteiger partial charge >= 0.3 is 5.97 Å². The zero-order chi connectivity index (χ0) is 20.1. The molecule has 0 radical (unpaired) electrons. The molecule has 1 amide bonds. The smallest absolute Gasteiger partial charge is 0.337 e. The second-order valence-electron chi connectivity index (χ2n) is 7.01. The highest BCUT2D eigenvalue weighted by molar-refractivity contribution is 5.90. The Morgan fingerprint density at radius 2 is 1.82 bits per heavy atom. The van der Waals surface area contributed by atoms with Crippen LogP contribution in [0.25, 0.3) is 0 Å². The predicted molar refractivity (Wildman–Crippen MR) is 102 cm³/mol. The van der Waals surface area contributed by atoms with Gasteiger partial charge in [0.2, 0.25) is 5.91 Å². The van der Waals surface area contributed by atoms with Crippen molar-refractivity contribution < 1.29 is 23.5 Å². The Morgan fingerprint density at radius 1 is 1.14 bits per heavy atom. The lowest BCUT2D eigenvalue weighted by Crippen LogP contribution is -2.48. The van der Waals surface area contributed by atoms with Crippen molar-refractivity contribution >= 4 is 11.9 Å². The average molecular weight is 385 g/mol. The summed E-state index contributed by atoms with van der Waals surface area (Å²) in [7, 11) is 1.33. The van der Waals surface area contributed by atoms with Crippen molar-refractivity contribution in [3.05, 3.63) is 71.0 Å². The van der Waals surface area contributed by atoms with Crippen molar-refractivity contribution in [1.82, 2.24) is 5.32 Å². The first kappa shape index (κ1) is 20.0. The van der Waals surface area contributed by atoms with Crippen molar-refractivity contribution in [2.45, 2.75) is 31.2 Å². The topological polar surface area (TPSA) is 64.6 Å². The van der Waals surface area contributed by atoms with E-state index in [0.29, 0.717) is 37.2 Å². The van der Waals surface area contributed by atoms with Crippen LogP contribution >= 0.6 is 0 Å². The Hall–Kier alpha value is -2.73. The minimum atomic E-state index is -0.819. The number of methoxy groups -OCH3 is 1. The zero-order valence-electron chi connectivity index (χ0n) is 16.0. The van der Waals surface area contributed by atoms with Crippen LogP contribution in [0.5, 0.6) is 0 Å². The minimum Gasteiger partial charge on any atom is -0.465 e. The van der Waals surface area contributed by atoms with E-state index in [-0.39, 0.29) is 17.8 Å². The molecular formula is C22H24FNO4. The Bertz CT molecular complexity index is 844. The van der Waals surface area contributed by atoms with Gasteiger partial charge in [0.15, 0.2) is 0 Å². The molecule has 28 heavy (non-hydrogen) atoms. The van der Waals surface area contributed by atoms with Crippen LogP contribution in [-0.2, 0) is 19.7 Å². The van der Waals surface area contributed by atoms with Gasteiger partial charge < -0.3 is 14.8 Å². The van der Waals surface area contributed by atoms with Crippen LogP contribution in [0, 0.1) is 5.82 Å². The molecule has 3 rings (SSSR count). The molecule has 1 aliphatic rings. The molecule has 1 atom stereocenters. The molecule has 0 aromatic heterocycles. The first-order valence-corrected chi connectivity index (χ1v) is 9.29. The first-order valence-electron chi connectivity index (χ1n) is 9.29. The summed E-state index contributed by atoms with van der Waals surface area (Å²) in [6, 6.07) is 12.9. The fourth-order valence-corrected chi connectivity index (χ4v) is 3.60. The van der Waals surface area contributed by atoms with E-state index in [1.807, 2.05) is 6.92 Å². The molecule has 148 valence electrons. The van der Waals surface area contributed by atoms with E-state index in [9.17, 15) is 14.0 Å². The average Bonchev–Trinajstić information content (AvgIpc) is 2.73. The van der Waals surface area contributed by atoms with Gasteiger partial charge in [0.25, 0.3) is 0 Å². The zero-order valence-corrected chi connectivity index (χ0v) is 16.0. The van der Waals surface area contributed by atoms with E-state index in [4.69, 9.17) is 9.47 Å². The summed E-state index contributed by atoms with van der Waals surface area (Å²) in [6.45, 7) is 2.78. The lowest BCUT2D eigenvalue weighted by atomic mass is 9.73. The van der Waals surface area contributed by atoms with Crippen LogP contribution in [0.1, 0.15) is 47.3 Å². The summed E-state index contributed by atoms with van der Waals surface area (Å²) in [5.41, 5.74) is 1.16. The van der Waals surface area contributed by atoms with Gasteiger partial charge in [-0.05, 0) is 55.2 Å². The lowest BCUT2D eigenvalue weighted by Gasteiger charge is -2.37. The van der Waals surface area contributed by atoms with Crippen LogP contribution in [0.4, 0.5) is 4.39 Å². The molecular weight excluding hydrogens is 361 g/mol. The molecule has 0 saturated carbocycles. The molecule has 5 nitrogen and oxygen atoms in total. The number of halogens is 1. The van der Waals surface area contributed by atoms with Crippen molar-refractivity contribution in [2.75, 3.05) is 20.3 Å². The highest BCUT2D eigenvalue weighted by atomic mass is 19.1. The van der Waals surface area contributed by atoms with Gasteiger partial charge in [0.05, 0.1) is 24.1 Å². The molecule has 2 aromatic rings. The van der Waals surface area contributed by atoms with Crippen molar-refractivity contribution in [3.8, 4) is 0 Å². The number of carbonyl (C=O) groups is 2. The molecule has 6 heteroatoms. The Balaban J connectivity index is 1.81. The molecule has 1 saturated heterocycles. The number of amides is 1. The van der Waals surface area contributed by atoms with E-state index in [0.717, 1.165) is 5.56 Å². The fraction of sp³-hybridized carbons (Fsp3) is 0.364. The van der Waals surface area contributed by atoms with Gasteiger partial charge in [0, 0.05) is 13.2 Å². The molecule has 1 aliphatic heterocycles. The highest BCUT2D eigenvalue weighted by Gasteiger charge is 2.42. The monoisotopic (exact) mass is 385 g/mol. The third-order valence-electron chi connectivity index (χ3n) is 5.34. The number of rotatable bonds is 5. The Morgan fingerprint density at radius 3 is 2.43 bits per heavy atom. The van der Waals surface area contributed by atoms with Crippen molar-refractivity contribution in [2.24, 2.45) is 0 Å². The molecule has 0 unspecified atom stereocenters. The molecule has 0 aliphatic carbocycles. The van der Waals surface area contributed by atoms with E-state index < -0.39 is 11.4 Å². The Labute approximate surface area is 163 Å². The van der Waals surface area contributed by atoms with Crippen molar-refractivity contribution in [1.29, 1.82) is 0 Å². The van der Waals surface area contributed by atoms with Crippen LogP contribution in [-0.4, -0.2) is 32.2 Å². The molecule has 1 fully saturated rings. The number of carbonyl (C=O) groups excluding carboxylic acids is 2. The van der Waals surface area contributed by atoms with Gasteiger partial charge in [-0.25, -0.2) is 9.18 Å². The summed E-state index contributed by atoms with van der Waals surface area (Å²) in [6.07, 6.45) is 0.993. The number of ether oxygens (including phenoxy) is 2. The Kier molecular flexibility index (Phi) is 6.09. The van der Waals surface area contributed by atoms with Crippen LogP contribution in [0.15, 0.2) is 48.5 Å². The maximum absolute atomic E-state index is 13.8. The molecule has 2 aromatic carbocycles. The maximum atomic E-state index is 13.8. The second kappa shape index (κ2) is 8.52. The van der Waals surface area contributed by atoms with Gasteiger partial charge in [-0.3, -0.25) is 4.79 Å². The SMILES string of the molecule is COC(=O)c1ccc([C@H](C)NC(=O)C2(c3cccc(F)c3)CCOCC2)cc1. The summed E-state index contributed by atoms with van der Waals surface area (Å²) < 4.78 is 24.0. The van der Waals surface area contributed by atoms with E-state index in [1.54, 1.807) is 36.4 Å². The third-order valence-corrected chi connectivity index (χ3v) is 5.34. The van der Waals surface area contributed by atoms with Crippen LogP contribution in [0.3, 0.4) is 0 Å². The number of hydrogen-bond acceptors (Lipinski definition) is 4. The highest BCUT2D eigenvalue weighted by Crippen LogP contribution is 2.36. The molecule has 0 spiro atoms. The van der Waals surface area contributed by atoms with Crippen molar-refractivity contribution in [3.63, 3.8) is 0 Å². The summed E-state index contributed by atoms with van der Waals surface area (Å²) in [4.78, 5) is 24.8. The molecule has 1 heterocycles. The van der Waals surface area contributed by atoms with Gasteiger partial charge in [0.1, 0.15) is 5.82 Å². The summed E-state index contributed by atoms with van der Waals surface area (Å²) >= 11 is 0. The molecule has 1 N–H and O–H groups in total. The molecule has 0 bridgehead atoms. The van der Waals surface area contributed by atoms with Crippen LogP contribution < -0.4 is 5.32 Å². The summed E-state index contributed by atoms with van der Waals surface area (Å²) in [5, 5.41) is 3.05. The first-order chi connectivity index (χ1) is 13.5. The maximum Gasteiger partial charge on any atom is 0.337 e. The fourth-order valence-electron chi connectivity index (χ4n) is 3.60. The van der Waals surface area contributed by atoms with Crippen LogP contribution in [0.2, 0.25) is 0 Å². The summed E-state index contributed by atoms with van der Waals surface area (Å²) in [5.74, 6) is -0.913. The standard InChI is InChI=1S/C22H24FNO4/c1-15(16-6-8-17(9-7-16)20(25)27-2)24-21(26)22(10-12-28-13-11-22)18-4-3-5-19(23)14-18/h3-9,14-15H,10-13H2,1-2H3,(H,24,26)/t15-/m0/s1. The minimum absolute atomic E-state index is 0.147. The van der Waals surface area contributed by atoms with Gasteiger partial charge in [-0.15, -0.1) is 0 Å². The second-order valence-corrected chi connectivity index (χ2v) is 7.01. The largest absolute Gasteiger partial charge is 0.465 e. The lowest BCUT2D eigenvalue weighted by molar-refractivity contribution is -0.131. The normalized spacial score (nSPS) is 16.8. The van der Waals surface area contributed by atoms with E-state index >= 15 is 0 Å². The van der Waals surface area contributed by atoms with E-state index in [1.165, 1.54) is 19.2 Å². The third kappa shape index (κ3) is 4.07. The quantitative estimate of drug-likeness (QED) is 0.800. The van der Waals surface area contributed by atoms with E-state index in [2.05, 4.69) is 5.32 Å². The van der Waals surface area contributed by atoms with Gasteiger partial charge in [-0.1, -0.05) is 24.3 Å². The number of esters is 1.